The van der Waals surface area contributed by atoms with Gasteiger partial charge < -0.3 is 5.11 Å². The molecule has 2 aromatic heterocycles. The van der Waals surface area contributed by atoms with Crippen LogP contribution in [-0.2, 0) is 30.3 Å². The van der Waals surface area contributed by atoms with Crippen molar-refractivity contribution in [3.8, 4) is 22.8 Å². The van der Waals surface area contributed by atoms with Gasteiger partial charge in [-0.3, -0.25) is 30.7 Å². The number of halogens is 11. The average molecular weight is 1290 g/mol. The van der Waals surface area contributed by atoms with E-state index in [9.17, 15) is 51.8 Å². The number of benzene rings is 2. The van der Waals surface area contributed by atoms with Crippen LogP contribution in [0, 0.1) is 25.7 Å². The summed E-state index contributed by atoms with van der Waals surface area (Å²) in [6.07, 6.45) is 1.02. The molecule has 6 N–H and O–H groups in total. The number of nitrogens with one attached hydrogen (secondary N) is 3. The second-order valence-corrected chi connectivity index (χ2v) is 50.4. The third-order valence-electron chi connectivity index (χ3n) is 6.68. The number of aryl methyl sites for hydroxylation is 2. The van der Waals surface area contributed by atoms with Gasteiger partial charge >= 0.3 is 87.2 Å². The number of hydrogen-bond acceptors (Lipinski definition) is 9. The van der Waals surface area contributed by atoms with Gasteiger partial charge in [-0.2, -0.15) is 13.2 Å². The Kier molecular flexibility index (Phi) is 22.7. The molecule has 0 saturated heterocycles. The second-order valence-electron chi connectivity index (χ2n) is 12.6. The topological polar surface area (TPSA) is 212 Å². The molecule has 0 aliphatic carbocycles. The van der Waals surface area contributed by atoms with Crippen molar-refractivity contribution in [3.63, 3.8) is 0 Å². The number of nitrogens with zero attached hydrogens (tertiary/aromatic N) is 6. The van der Waals surface area contributed by atoms with Gasteiger partial charge in [-0.15, -0.1) is 10.2 Å². The Morgan fingerprint density at radius 3 is 1.56 bits per heavy atom. The molecule has 0 fully saturated rings. The summed E-state index contributed by atoms with van der Waals surface area (Å²) in [5.41, 5.74) is 6.39. The van der Waals surface area contributed by atoms with Crippen LogP contribution in [0.4, 0.5) is 32.6 Å². The van der Waals surface area contributed by atoms with Gasteiger partial charge in [-0.05, 0) is 44.2 Å². The van der Waals surface area contributed by atoms with E-state index in [1.807, 2.05) is 36.8 Å². The Labute approximate surface area is 388 Å². The summed E-state index contributed by atoms with van der Waals surface area (Å²) in [6.45, 7) is 10.7. The molecule has 3 amide bonds. The average Bonchev–Trinajstić information content (AvgIpc) is 3.80. The fourth-order valence-corrected chi connectivity index (χ4v) is 4.64. The normalized spacial score (nSPS) is 12.5. The maximum atomic E-state index is 13.1. The molecular formula is C34H42F8I3N10O5SV. The molecule has 0 saturated carbocycles. The molecule has 0 radical (unpaired) electrons. The van der Waals surface area contributed by atoms with Crippen molar-refractivity contribution in [2.75, 3.05) is 0 Å². The summed E-state index contributed by atoms with van der Waals surface area (Å²) in [5.74, 6) is 1.69. The van der Waals surface area contributed by atoms with Crippen molar-refractivity contribution in [1.29, 1.82) is 0 Å². The molecule has 4 rings (SSSR count). The first-order valence-electron chi connectivity index (χ1n) is 16.6. The molecule has 0 aliphatic heterocycles. The Morgan fingerprint density at radius 2 is 1.19 bits per heavy atom. The number of nitrogens with two attached hydrogens (primary N) is 1. The van der Waals surface area contributed by atoms with Gasteiger partial charge in [0.25, 0.3) is 5.91 Å². The Hall–Kier alpha value is -3.40. The van der Waals surface area contributed by atoms with Crippen molar-refractivity contribution < 1.29 is 61.8 Å². The van der Waals surface area contributed by atoms with Crippen LogP contribution in [0.5, 0.6) is 0 Å². The van der Waals surface area contributed by atoms with E-state index in [1.165, 1.54) is 17.2 Å². The van der Waals surface area contributed by atoms with Crippen molar-refractivity contribution in [1.82, 2.24) is 45.8 Å². The van der Waals surface area contributed by atoms with E-state index in [0.717, 1.165) is 46.1 Å². The summed E-state index contributed by atoms with van der Waals surface area (Å²) < 4.78 is 107. The number of carboxylic acids is 1. The van der Waals surface area contributed by atoms with Crippen LogP contribution in [0.1, 0.15) is 51.8 Å². The molecule has 2 aromatic carbocycles. The van der Waals surface area contributed by atoms with Gasteiger partial charge in [0.2, 0.25) is 11.8 Å². The molecule has 346 valence electrons. The summed E-state index contributed by atoms with van der Waals surface area (Å²) in [5, 5.41) is 16.3. The van der Waals surface area contributed by atoms with Crippen molar-refractivity contribution in [3.05, 3.63) is 77.9 Å². The van der Waals surface area contributed by atoms with Gasteiger partial charge in [0.15, 0.2) is 11.6 Å². The first-order chi connectivity index (χ1) is 27.7. The van der Waals surface area contributed by atoms with Gasteiger partial charge in [0, 0.05) is 47.5 Å². The standard InChI is InChI=1S/C16H15F8N5O2S.C13H13N3O2.C4H10N2O.CH4.3HI.V/c1-9(2)15(31)27-26-13(30)3-4-29-8-25-14(28-29)10-5-11(16(17,18)19)7-12(6-10)32(20,21,22,23)24;1-9-5-10(2)7-11(6-9)13-14-8-16(15-13)4-3-12(17)18;1-3(2)4(7)6-5;;;;;/h3-9H,1-2H3,(H,26,30)(H,27,31);3-8H,1-2H3,(H,17,18);3H,5H2,1-2H3,(H,6,7);1H4;3*1H;/q;;;;;;;+3/p-3/b2*4-3-;;;;;;. The minimum atomic E-state index is -10.4. The first kappa shape index (κ1) is 58.6. The van der Waals surface area contributed by atoms with Crippen molar-refractivity contribution >= 4 is 106 Å². The molecule has 0 spiro atoms. The van der Waals surface area contributed by atoms with Crippen LogP contribution in [0.3, 0.4) is 0 Å². The molecule has 0 aliphatic rings. The zero-order chi connectivity index (χ0) is 47.2. The molecule has 0 unspecified atom stereocenters. The fraction of sp³-hybridized carbons (Fsp3) is 0.294. The number of hydrogen-bond donors (Lipinski definition) is 5. The summed E-state index contributed by atoms with van der Waals surface area (Å²) in [7, 11) is -10.4. The molecule has 0 atom stereocenters. The van der Waals surface area contributed by atoms with Crippen LogP contribution in [-0.4, -0.2) is 58.3 Å². The number of aliphatic carboxylic acids is 1. The summed E-state index contributed by atoms with van der Waals surface area (Å²) in [6, 6.07) is 5.38. The van der Waals surface area contributed by atoms with Crippen molar-refractivity contribution in [2.24, 2.45) is 17.7 Å². The van der Waals surface area contributed by atoms with E-state index < -0.39 is 68.0 Å². The van der Waals surface area contributed by atoms with E-state index in [4.69, 9.17) is 10.9 Å². The van der Waals surface area contributed by atoms with E-state index in [1.54, 1.807) is 27.7 Å². The zero-order valence-corrected chi connectivity index (χ0v) is 41.1. The number of amides is 3. The zero-order valence-electron chi connectivity index (χ0n) is 32.4. The number of hydrazine groups is 2. The van der Waals surface area contributed by atoms with E-state index in [2.05, 4.69) is 91.6 Å². The SMILES string of the molecule is C.CC(C)C(=O)NN.CC(C)C(=O)NNC(=O)/C=C\n1cnc(-c2cc(C(F)(F)F)cc(S(F)(F)(F)(F)F)c2)n1.Cc1cc(C)cc(-c2ncn(/C=C\C(=O)O)n2)c1.[I][V]([I])[I]. The van der Waals surface area contributed by atoms with Crippen LogP contribution < -0.4 is 22.1 Å². The third kappa shape index (κ3) is 22.8. The fourth-order valence-electron chi connectivity index (χ4n) is 3.94. The molecule has 0 bridgehead atoms. The van der Waals surface area contributed by atoms with Gasteiger partial charge in [0.1, 0.15) is 17.6 Å². The van der Waals surface area contributed by atoms with Crippen LogP contribution in [0.25, 0.3) is 35.2 Å². The number of carbonyl (C=O) groups is 4. The van der Waals surface area contributed by atoms with Gasteiger partial charge in [-0.25, -0.2) is 30.0 Å². The van der Waals surface area contributed by atoms with E-state index in [-0.39, 0.29) is 36.3 Å². The number of rotatable bonds is 9. The molecule has 28 heteroatoms. The molecular weight excluding hydrogens is 1240 g/mol. The van der Waals surface area contributed by atoms with Crippen LogP contribution >= 0.6 is 70.2 Å². The molecule has 2 heterocycles. The van der Waals surface area contributed by atoms with Crippen LogP contribution in [0.2, 0.25) is 0 Å². The number of aromatic nitrogens is 6. The number of carbonyl (C=O) groups excluding carboxylic acids is 3. The van der Waals surface area contributed by atoms with E-state index >= 15 is 0 Å². The maximum absolute atomic E-state index is 13.1. The Balaban J connectivity index is 0.00000103. The molecule has 4 aromatic rings. The van der Waals surface area contributed by atoms with Crippen LogP contribution in [0.15, 0.2) is 66.1 Å². The van der Waals surface area contributed by atoms with Crippen molar-refractivity contribution in [2.45, 2.75) is 60.0 Å². The van der Waals surface area contributed by atoms with Gasteiger partial charge in [-0.1, -0.05) is 71.7 Å². The van der Waals surface area contributed by atoms with E-state index in [0.29, 0.717) is 5.82 Å². The summed E-state index contributed by atoms with van der Waals surface area (Å²) >= 11 is 7.39. The minimum absolute atomic E-state index is 0. The first-order valence-corrected chi connectivity index (χ1v) is 32.0. The monoisotopic (exact) mass is 1290 g/mol. The predicted octanol–water partition coefficient (Wildman–Crippen LogP) is 9.94. The Morgan fingerprint density at radius 1 is 0.758 bits per heavy atom. The predicted molar refractivity (Wildman–Crippen MR) is 242 cm³/mol. The number of alkyl halides is 3. The van der Waals surface area contributed by atoms with Gasteiger partial charge in [0.05, 0.1) is 5.56 Å². The number of carboxylic acid groups (broad SMARTS) is 1. The second kappa shape index (κ2) is 24.0. The molecule has 15 nitrogen and oxygen atoms in total. The summed E-state index contributed by atoms with van der Waals surface area (Å²) in [4.78, 5) is 48.2. The Bertz CT molecular complexity index is 2200. The third-order valence-corrected chi connectivity index (χ3v) is 7.81. The molecule has 62 heavy (non-hydrogen) atoms. The quantitative estimate of drug-likeness (QED) is 0.0267.